The standard InChI is InChI=1S/C25H28F2N4/c1-18-16-31(11-10-28-18)17-20-5-2-6-21(12-20)24-8-9-29-25(30-24)7-3-4-19-13-22(26)15-23(27)14-19/h2,5-6,8-9,12-15,18,28H,3-4,7,10-11,16-17H2,1H3/t18-/m0/s1. The van der Waals surface area contributed by atoms with Gasteiger partial charge in [0.25, 0.3) is 0 Å². The summed E-state index contributed by atoms with van der Waals surface area (Å²) in [4.78, 5) is 11.6. The Labute approximate surface area is 182 Å². The van der Waals surface area contributed by atoms with Crippen LogP contribution in [0.15, 0.2) is 54.7 Å². The van der Waals surface area contributed by atoms with Gasteiger partial charge in [0.05, 0.1) is 5.69 Å². The first-order valence-electron chi connectivity index (χ1n) is 10.9. The number of nitrogens with one attached hydrogen (secondary N) is 1. The molecule has 1 atom stereocenters. The fourth-order valence-electron chi connectivity index (χ4n) is 4.13. The second-order valence-corrected chi connectivity index (χ2v) is 8.28. The van der Waals surface area contributed by atoms with Crippen LogP contribution < -0.4 is 5.32 Å². The van der Waals surface area contributed by atoms with Crippen LogP contribution in [0.25, 0.3) is 11.3 Å². The molecule has 1 aliphatic rings. The minimum atomic E-state index is -0.539. The van der Waals surface area contributed by atoms with Crippen LogP contribution in [0.3, 0.4) is 0 Å². The predicted molar refractivity (Wildman–Crippen MR) is 119 cm³/mol. The van der Waals surface area contributed by atoms with Gasteiger partial charge in [-0.15, -0.1) is 0 Å². The van der Waals surface area contributed by atoms with Gasteiger partial charge in [-0.25, -0.2) is 18.7 Å². The van der Waals surface area contributed by atoms with E-state index in [1.54, 1.807) is 6.20 Å². The lowest BCUT2D eigenvalue weighted by atomic mass is 10.1. The Bertz CT molecular complexity index is 1000. The maximum atomic E-state index is 13.3. The van der Waals surface area contributed by atoms with Crippen molar-refractivity contribution in [2.24, 2.45) is 0 Å². The minimum Gasteiger partial charge on any atom is -0.312 e. The number of piperazine rings is 1. The fraction of sp³-hybridized carbons (Fsp3) is 0.360. The van der Waals surface area contributed by atoms with E-state index < -0.39 is 11.6 Å². The fourth-order valence-corrected chi connectivity index (χ4v) is 4.13. The molecule has 2 aromatic carbocycles. The maximum Gasteiger partial charge on any atom is 0.128 e. The third kappa shape index (κ3) is 6.15. The highest BCUT2D eigenvalue weighted by molar-refractivity contribution is 5.59. The molecular weight excluding hydrogens is 394 g/mol. The van der Waals surface area contributed by atoms with Gasteiger partial charge in [-0.3, -0.25) is 4.90 Å². The number of rotatable bonds is 7. The highest BCUT2D eigenvalue weighted by Crippen LogP contribution is 2.20. The van der Waals surface area contributed by atoms with Crippen molar-refractivity contribution in [1.82, 2.24) is 20.2 Å². The zero-order valence-electron chi connectivity index (χ0n) is 17.8. The number of hydrogen-bond donors (Lipinski definition) is 1. The van der Waals surface area contributed by atoms with Crippen molar-refractivity contribution in [2.45, 2.75) is 38.8 Å². The molecule has 31 heavy (non-hydrogen) atoms. The second kappa shape index (κ2) is 10.1. The van der Waals surface area contributed by atoms with Crippen LogP contribution in [0.4, 0.5) is 8.78 Å². The van der Waals surface area contributed by atoms with Crippen molar-refractivity contribution in [2.75, 3.05) is 19.6 Å². The molecule has 3 aromatic rings. The van der Waals surface area contributed by atoms with Gasteiger partial charge in [-0.1, -0.05) is 18.2 Å². The molecule has 1 saturated heterocycles. The molecule has 0 amide bonds. The first kappa shape index (κ1) is 21.5. The summed E-state index contributed by atoms with van der Waals surface area (Å²) in [5.74, 6) is -0.331. The summed E-state index contributed by atoms with van der Waals surface area (Å²) in [6, 6.07) is 14.6. The molecule has 0 unspecified atom stereocenters. The average molecular weight is 423 g/mol. The van der Waals surface area contributed by atoms with Crippen molar-refractivity contribution in [1.29, 1.82) is 0 Å². The smallest absolute Gasteiger partial charge is 0.128 e. The number of hydrogen-bond acceptors (Lipinski definition) is 4. The third-order valence-corrected chi connectivity index (χ3v) is 5.58. The van der Waals surface area contributed by atoms with Crippen molar-refractivity contribution in [3.05, 3.63) is 83.3 Å². The Morgan fingerprint density at radius 3 is 2.68 bits per heavy atom. The summed E-state index contributed by atoms with van der Waals surface area (Å²) in [6.07, 6.45) is 3.75. The van der Waals surface area contributed by atoms with E-state index in [1.807, 2.05) is 6.07 Å². The molecule has 1 aliphatic heterocycles. The average Bonchev–Trinajstić information content (AvgIpc) is 2.74. The summed E-state index contributed by atoms with van der Waals surface area (Å²) < 4.78 is 26.7. The number of nitrogens with zero attached hydrogens (tertiary/aromatic N) is 3. The molecule has 6 heteroatoms. The van der Waals surface area contributed by atoms with Crippen molar-refractivity contribution < 1.29 is 8.78 Å². The third-order valence-electron chi connectivity index (χ3n) is 5.58. The van der Waals surface area contributed by atoms with E-state index in [0.29, 0.717) is 24.4 Å². The highest BCUT2D eigenvalue weighted by atomic mass is 19.1. The van der Waals surface area contributed by atoms with Crippen LogP contribution >= 0.6 is 0 Å². The van der Waals surface area contributed by atoms with Crippen molar-refractivity contribution >= 4 is 0 Å². The van der Waals surface area contributed by atoms with E-state index in [9.17, 15) is 8.78 Å². The van der Waals surface area contributed by atoms with E-state index in [4.69, 9.17) is 4.98 Å². The van der Waals surface area contributed by atoms with Crippen LogP contribution in [0.5, 0.6) is 0 Å². The van der Waals surface area contributed by atoms with Gasteiger partial charge < -0.3 is 5.32 Å². The lowest BCUT2D eigenvalue weighted by molar-refractivity contribution is 0.199. The van der Waals surface area contributed by atoms with Crippen LogP contribution in [-0.2, 0) is 19.4 Å². The van der Waals surface area contributed by atoms with E-state index in [1.165, 1.54) is 17.7 Å². The molecule has 162 valence electrons. The van der Waals surface area contributed by atoms with Crippen LogP contribution in [0.2, 0.25) is 0 Å². The molecule has 2 heterocycles. The van der Waals surface area contributed by atoms with Gasteiger partial charge in [-0.2, -0.15) is 0 Å². The monoisotopic (exact) mass is 422 g/mol. The normalized spacial score (nSPS) is 17.1. The van der Waals surface area contributed by atoms with Crippen molar-refractivity contribution in [3.8, 4) is 11.3 Å². The van der Waals surface area contributed by atoms with Gasteiger partial charge in [0.1, 0.15) is 17.5 Å². The molecular formula is C25H28F2N4. The summed E-state index contributed by atoms with van der Waals surface area (Å²) >= 11 is 0. The van der Waals surface area contributed by atoms with Gasteiger partial charge in [0.2, 0.25) is 0 Å². The summed E-state index contributed by atoms with van der Waals surface area (Å²) in [5.41, 5.74) is 3.91. The summed E-state index contributed by atoms with van der Waals surface area (Å²) in [5, 5.41) is 3.48. The molecule has 1 N–H and O–H groups in total. The highest BCUT2D eigenvalue weighted by Gasteiger charge is 2.15. The van der Waals surface area contributed by atoms with E-state index in [-0.39, 0.29) is 0 Å². The molecule has 0 radical (unpaired) electrons. The van der Waals surface area contributed by atoms with Crippen molar-refractivity contribution in [3.63, 3.8) is 0 Å². The number of halogens is 2. The summed E-state index contributed by atoms with van der Waals surface area (Å²) in [6.45, 7) is 6.29. The Kier molecular flexibility index (Phi) is 6.99. The molecule has 1 fully saturated rings. The van der Waals surface area contributed by atoms with Crippen LogP contribution in [0.1, 0.15) is 30.3 Å². The molecule has 0 aliphatic carbocycles. The number of benzene rings is 2. The Hall–Kier alpha value is -2.70. The molecule has 0 spiro atoms. The van der Waals surface area contributed by atoms with E-state index >= 15 is 0 Å². The Balaban J connectivity index is 1.39. The SMILES string of the molecule is C[C@H]1CN(Cc2cccc(-c3ccnc(CCCc4cc(F)cc(F)c4)n3)c2)CCN1. The zero-order chi connectivity index (χ0) is 21.6. The van der Waals surface area contributed by atoms with Gasteiger partial charge in [-0.05, 0) is 55.2 Å². The van der Waals surface area contributed by atoms with Gasteiger partial charge in [0, 0.05) is 56.5 Å². The predicted octanol–water partition coefficient (Wildman–Crippen LogP) is 4.39. The topological polar surface area (TPSA) is 41.1 Å². The lowest BCUT2D eigenvalue weighted by Crippen LogP contribution is -2.48. The molecule has 4 rings (SSSR count). The van der Waals surface area contributed by atoms with Gasteiger partial charge >= 0.3 is 0 Å². The molecule has 1 aromatic heterocycles. The van der Waals surface area contributed by atoms with Gasteiger partial charge in [0.15, 0.2) is 0 Å². The molecule has 0 bridgehead atoms. The largest absolute Gasteiger partial charge is 0.312 e. The number of aryl methyl sites for hydroxylation is 2. The maximum absolute atomic E-state index is 13.3. The lowest BCUT2D eigenvalue weighted by Gasteiger charge is -2.31. The quantitative estimate of drug-likeness (QED) is 0.613. The molecule has 0 saturated carbocycles. The summed E-state index contributed by atoms with van der Waals surface area (Å²) in [7, 11) is 0. The Morgan fingerprint density at radius 2 is 1.87 bits per heavy atom. The first-order valence-corrected chi connectivity index (χ1v) is 10.9. The van der Waals surface area contributed by atoms with Crippen LogP contribution in [-0.4, -0.2) is 40.5 Å². The zero-order valence-corrected chi connectivity index (χ0v) is 17.8. The van der Waals surface area contributed by atoms with E-state index in [0.717, 1.165) is 55.7 Å². The minimum absolute atomic E-state index is 0.519. The Morgan fingerprint density at radius 1 is 1.03 bits per heavy atom. The second-order valence-electron chi connectivity index (χ2n) is 8.28. The first-order chi connectivity index (χ1) is 15.0. The van der Waals surface area contributed by atoms with E-state index in [2.05, 4.69) is 46.4 Å². The van der Waals surface area contributed by atoms with Crippen LogP contribution in [0, 0.1) is 11.6 Å². The molecule has 4 nitrogen and oxygen atoms in total. The number of aromatic nitrogens is 2.